The number of aromatic nitrogens is 2. The minimum atomic E-state index is 0.770. The lowest BCUT2D eigenvalue weighted by atomic mass is 10.3. The highest BCUT2D eigenvalue weighted by Gasteiger charge is 2.09. The van der Waals surface area contributed by atoms with Crippen LogP contribution in [0.15, 0.2) is 41.1 Å². The van der Waals surface area contributed by atoms with Gasteiger partial charge < -0.3 is 15.4 Å². The molecule has 122 valence electrons. The molecule has 2 N–H and O–H groups in total. The predicted molar refractivity (Wildman–Crippen MR) is 95.2 cm³/mol. The van der Waals surface area contributed by atoms with E-state index in [4.69, 9.17) is 4.74 Å². The van der Waals surface area contributed by atoms with Gasteiger partial charge in [0.2, 0.25) is 0 Å². The van der Waals surface area contributed by atoms with Crippen LogP contribution in [0.25, 0.3) is 0 Å². The number of hydrogen-bond donors (Lipinski definition) is 2. The van der Waals surface area contributed by atoms with Crippen molar-refractivity contribution in [1.82, 2.24) is 14.9 Å². The summed E-state index contributed by atoms with van der Waals surface area (Å²) in [4.78, 5) is 10.9. The van der Waals surface area contributed by atoms with Gasteiger partial charge in [-0.3, -0.25) is 4.90 Å². The number of anilines is 3. The molecule has 23 heavy (non-hydrogen) atoms. The summed E-state index contributed by atoms with van der Waals surface area (Å²) in [5, 5.41) is 6.62. The number of morpholine rings is 1. The molecule has 2 aromatic rings. The first kappa shape index (κ1) is 16.2. The largest absolute Gasteiger partial charge is 0.379 e. The SMILES string of the molecule is Brc1cccc(Nc2cc(NCCN3CCOCC3)ncn2)c1. The summed E-state index contributed by atoms with van der Waals surface area (Å²) in [5.74, 6) is 1.60. The van der Waals surface area contributed by atoms with E-state index in [9.17, 15) is 0 Å². The van der Waals surface area contributed by atoms with Crippen molar-refractivity contribution in [3.8, 4) is 0 Å². The third-order valence-corrected chi connectivity index (χ3v) is 4.10. The molecule has 6 nitrogen and oxygen atoms in total. The van der Waals surface area contributed by atoms with E-state index >= 15 is 0 Å². The molecule has 1 saturated heterocycles. The second-order valence-corrected chi connectivity index (χ2v) is 6.22. The van der Waals surface area contributed by atoms with Gasteiger partial charge in [-0.25, -0.2) is 9.97 Å². The van der Waals surface area contributed by atoms with Crippen molar-refractivity contribution in [2.24, 2.45) is 0 Å². The lowest BCUT2D eigenvalue weighted by molar-refractivity contribution is 0.0398. The maximum atomic E-state index is 5.35. The summed E-state index contributed by atoms with van der Waals surface area (Å²) >= 11 is 3.46. The second kappa shape index (κ2) is 8.24. The lowest BCUT2D eigenvalue weighted by Gasteiger charge is -2.26. The molecule has 0 radical (unpaired) electrons. The van der Waals surface area contributed by atoms with E-state index in [0.717, 1.165) is 61.2 Å². The molecule has 1 aliphatic heterocycles. The van der Waals surface area contributed by atoms with Gasteiger partial charge in [-0.15, -0.1) is 0 Å². The van der Waals surface area contributed by atoms with Gasteiger partial charge in [-0.1, -0.05) is 22.0 Å². The van der Waals surface area contributed by atoms with Crippen molar-refractivity contribution >= 4 is 33.3 Å². The van der Waals surface area contributed by atoms with Crippen molar-refractivity contribution in [2.75, 3.05) is 50.0 Å². The van der Waals surface area contributed by atoms with Crippen LogP contribution in [0, 0.1) is 0 Å². The number of nitrogens with one attached hydrogen (secondary N) is 2. The summed E-state index contributed by atoms with van der Waals surface area (Å²) in [6, 6.07) is 9.89. The van der Waals surface area contributed by atoms with Crippen LogP contribution < -0.4 is 10.6 Å². The number of benzene rings is 1. The number of ether oxygens (including phenoxy) is 1. The molecule has 0 spiro atoms. The Hall–Kier alpha value is -1.70. The number of nitrogens with zero attached hydrogens (tertiary/aromatic N) is 3. The molecule has 0 amide bonds. The molecule has 1 aliphatic rings. The van der Waals surface area contributed by atoms with Crippen LogP contribution in [0.5, 0.6) is 0 Å². The monoisotopic (exact) mass is 377 g/mol. The first-order valence-electron chi connectivity index (χ1n) is 7.68. The maximum absolute atomic E-state index is 5.35. The van der Waals surface area contributed by atoms with Gasteiger partial charge >= 0.3 is 0 Å². The minimum Gasteiger partial charge on any atom is -0.379 e. The molecule has 0 atom stereocenters. The van der Waals surface area contributed by atoms with E-state index in [2.05, 4.69) is 41.4 Å². The smallest absolute Gasteiger partial charge is 0.135 e. The molecule has 0 bridgehead atoms. The van der Waals surface area contributed by atoms with Crippen LogP contribution in [-0.2, 0) is 4.74 Å². The number of hydrogen-bond acceptors (Lipinski definition) is 6. The third kappa shape index (κ3) is 5.16. The fourth-order valence-corrected chi connectivity index (χ4v) is 2.80. The zero-order chi connectivity index (χ0) is 15.9. The summed E-state index contributed by atoms with van der Waals surface area (Å²) < 4.78 is 6.38. The van der Waals surface area contributed by atoms with E-state index in [0.29, 0.717) is 0 Å². The zero-order valence-corrected chi connectivity index (χ0v) is 14.4. The maximum Gasteiger partial charge on any atom is 0.135 e. The van der Waals surface area contributed by atoms with E-state index in [1.54, 1.807) is 6.33 Å². The Kier molecular flexibility index (Phi) is 5.79. The van der Waals surface area contributed by atoms with Crippen LogP contribution >= 0.6 is 15.9 Å². The molecule has 0 saturated carbocycles. The molecule has 3 rings (SSSR count). The van der Waals surface area contributed by atoms with Gasteiger partial charge in [0, 0.05) is 42.4 Å². The lowest BCUT2D eigenvalue weighted by Crippen LogP contribution is -2.39. The van der Waals surface area contributed by atoms with Crippen LogP contribution in [0.2, 0.25) is 0 Å². The molecule has 0 unspecified atom stereocenters. The van der Waals surface area contributed by atoms with Gasteiger partial charge in [0.1, 0.15) is 18.0 Å². The fraction of sp³-hybridized carbons (Fsp3) is 0.375. The average Bonchev–Trinajstić information content (AvgIpc) is 2.56. The fourth-order valence-electron chi connectivity index (χ4n) is 2.40. The molecule has 1 fully saturated rings. The van der Waals surface area contributed by atoms with Crippen molar-refractivity contribution in [1.29, 1.82) is 0 Å². The molecule has 2 heterocycles. The van der Waals surface area contributed by atoms with Crippen molar-refractivity contribution < 1.29 is 4.74 Å². The third-order valence-electron chi connectivity index (χ3n) is 3.60. The van der Waals surface area contributed by atoms with Gasteiger partial charge in [-0.2, -0.15) is 0 Å². The van der Waals surface area contributed by atoms with Gasteiger partial charge in [0.15, 0.2) is 0 Å². The van der Waals surface area contributed by atoms with Crippen LogP contribution in [0.3, 0.4) is 0 Å². The summed E-state index contributed by atoms with van der Waals surface area (Å²) in [6.45, 7) is 5.50. The Labute approximate surface area is 144 Å². The van der Waals surface area contributed by atoms with Crippen LogP contribution in [0.4, 0.5) is 17.3 Å². The molecular formula is C16H20BrN5O. The molecule has 1 aromatic carbocycles. The first-order valence-corrected chi connectivity index (χ1v) is 8.47. The number of halogens is 1. The van der Waals surface area contributed by atoms with Gasteiger partial charge in [0.05, 0.1) is 13.2 Å². The van der Waals surface area contributed by atoms with E-state index < -0.39 is 0 Å². The van der Waals surface area contributed by atoms with Crippen molar-refractivity contribution in [3.05, 3.63) is 41.1 Å². The quantitative estimate of drug-likeness (QED) is 0.806. The van der Waals surface area contributed by atoms with E-state index in [-0.39, 0.29) is 0 Å². The summed E-state index contributed by atoms with van der Waals surface area (Å²) in [5.41, 5.74) is 0.984. The summed E-state index contributed by atoms with van der Waals surface area (Å²) in [7, 11) is 0. The predicted octanol–water partition coefficient (Wildman–Crippen LogP) is 2.73. The van der Waals surface area contributed by atoms with Gasteiger partial charge in [0.25, 0.3) is 0 Å². The zero-order valence-electron chi connectivity index (χ0n) is 12.8. The molecule has 1 aromatic heterocycles. The normalized spacial score (nSPS) is 15.3. The Morgan fingerprint density at radius 1 is 1.13 bits per heavy atom. The van der Waals surface area contributed by atoms with E-state index in [1.807, 2.05) is 30.3 Å². The average molecular weight is 378 g/mol. The minimum absolute atomic E-state index is 0.770. The highest BCUT2D eigenvalue weighted by atomic mass is 79.9. The van der Waals surface area contributed by atoms with E-state index in [1.165, 1.54) is 0 Å². The topological polar surface area (TPSA) is 62.3 Å². The standard InChI is InChI=1S/C16H20BrN5O/c17-13-2-1-3-14(10-13)21-16-11-15(19-12-20-16)18-4-5-22-6-8-23-9-7-22/h1-3,10-12H,4-9H2,(H2,18,19,20,21). The highest BCUT2D eigenvalue weighted by Crippen LogP contribution is 2.20. The summed E-state index contributed by atoms with van der Waals surface area (Å²) in [6.07, 6.45) is 1.57. The molecule has 7 heteroatoms. The van der Waals surface area contributed by atoms with Crippen LogP contribution in [-0.4, -0.2) is 54.3 Å². The van der Waals surface area contributed by atoms with Crippen molar-refractivity contribution in [2.45, 2.75) is 0 Å². The Morgan fingerprint density at radius 3 is 2.78 bits per heavy atom. The number of rotatable bonds is 6. The molecular weight excluding hydrogens is 358 g/mol. The highest BCUT2D eigenvalue weighted by molar-refractivity contribution is 9.10. The first-order chi connectivity index (χ1) is 11.3. The van der Waals surface area contributed by atoms with Gasteiger partial charge in [-0.05, 0) is 18.2 Å². The van der Waals surface area contributed by atoms with Crippen molar-refractivity contribution in [3.63, 3.8) is 0 Å². The van der Waals surface area contributed by atoms with Crippen LogP contribution in [0.1, 0.15) is 0 Å². The Morgan fingerprint density at radius 2 is 1.96 bits per heavy atom. The molecule has 0 aliphatic carbocycles. The Bertz CT molecular complexity index is 633. The second-order valence-electron chi connectivity index (χ2n) is 5.30. The Balaban J connectivity index is 1.52.